The van der Waals surface area contributed by atoms with E-state index in [1.165, 1.54) is 11.8 Å². The highest BCUT2D eigenvalue weighted by molar-refractivity contribution is 8.00. The number of fused-ring (bicyclic) bond motifs is 1. The van der Waals surface area contributed by atoms with Gasteiger partial charge in [-0.1, -0.05) is 25.1 Å². The van der Waals surface area contributed by atoms with Crippen LogP contribution in [0.3, 0.4) is 0 Å². The molecule has 0 aliphatic carbocycles. The quantitative estimate of drug-likeness (QED) is 0.464. The molecule has 1 atom stereocenters. The van der Waals surface area contributed by atoms with Crippen LogP contribution >= 0.6 is 11.8 Å². The SMILES string of the molecule is CCCCOC(=O)C(C)Sc1nnc2cc(C)nc(C)n12. The van der Waals surface area contributed by atoms with Crippen molar-refractivity contribution in [1.82, 2.24) is 19.6 Å². The first-order valence-corrected chi connectivity index (χ1v) is 7.93. The van der Waals surface area contributed by atoms with Crippen molar-refractivity contribution in [2.24, 2.45) is 0 Å². The Labute approximate surface area is 128 Å². The highest BCUT2D eigenvalue weighted by atomic mass is 32.2. The van der Waals surface area contributed by atoms with E-state index in [9.17, 15) is 4.79 Å². The Morgan fingerprint density at radius 2 is 2.19 bits per heavy atom. The van der Waals surface area contributed by atoms with Crippen molar-refractivity contribution in [3.8, 4) is 0 Å². The lowest BCUT2D eigenvalue weighted by atomic mass is 10.4. The van der Waals surface area contributed by atoms with Gasteiger partial charge in [-0.15, -0.1) is 10.2 Å². The van der Waals surface area contributed by atoms with Gasteiger partial charge in [0.25, 0.3) is 0 Å². The Balaban J connectivity index is 2.11. The molecule has 2 heterocycles. The monoisotopic (exact) mass is 308 g/mol. The molecule has 0 saturated heterocycles. The molecule has 7 heteroatoms. The molecule has 0 aliphatic heterocycles. The third-order valence-corrected chi connectivity index (χ3v) is 4.04. The van der Waals surface area contributed by atoms with Gasteiger partial charge in [-0.3, -0.25) is 9.20 Å². The minimum atomic E-state index is -0.324. The second-order valence-corrected chi connectivity index (χ2v) is 6.21. The van der Waals surface area contributed by atoms with E-state index in [1.807, 2.05) is 31.2 Å². The summed E-state index contributed by atoms with van der Waals surface area (Å²) in [6.07, 6.45) is 1.90. The van der Waals surface area contributed by atoms with Crippen LogP contribution in [0.25, 0.3) is 5.65 Å². The molecule has 114 valence electrons. The van der Waals surface area contributed by atoms with Crippen LogP contribution in [0.1, 0.15) is 38.2 Å². The number of hydrogen-bond acceptors (Lipinski definition) is 6. The molecule has 2 aromatic rings. The Morgan fingerprint density at radius 3 is 2.90 bits per heavy atom. The van der Waals surface area contributed by atoms with E-state index < -0.39 is 0 Å². The Kier molecular flexibility index (Phi) is 5.17. The maximum atomic E-state index is 11.9. The van der Waals surface area contributed by atoms with Gasteiger partial charge in [0.1, 0.15) is 11.1 Å². The van der Waals surface area contributed by atoms with Gasteiger partial charge in [-0.25, -0.2) is 4.98 Å². The number of aryl methyl sites for hydroxylation is 2. The number of nitrogens with zero attached hydrogens (tertiary/aromatic N) is 4. The van der Waals surface area contributed by atoms with E-state index in [2.05, 4.69) is 22.1 Å². The number of thioether (sulfide) groups is 1. The summed E-state index contributed by atoms with van der Waals surface area (Å²) in [5, 5.41) is 8.61. The highest BCUT2D eigenvalue weighted by Gasteiger charge is 2.20. The van der Waals surface area contributed by atoms with Crippen LogP contribution in [0.4, 0.5) is 0 Å². The predicted molar refractivity (Wildman–Crippen MR) is 81.4 cm³/mol. The molecule has 0 fully saturated rings. The third kappa shape index (κ3) is 3.72. The van der Waals surface area contributed by atoms with Crippen molar-refractivity contribution in [3.05, 3.63) is 17.6 Å². The van der Waals surface area contributed by atoms with Crippen LogP contribution in [0.5, 0.6) is 0 Å². The first kappa shape index (κ1) is 15.8. The molecule has 0 saturated carbocycles. The average molecular weight is 308 g/mol. The number of aromatic nitrogens is 4. The van der Waals surface area contributed by atoms with E-state index >= 15 is 0 Å². The highest BCUT2D eigenvalue weighted by Crippen LogP contribution is 2.24. The maximum Gasteiger partial charge on any atom is 0.319 e. The zero-order chi connectivity index (χ0) is 15.4. The maximum absolute atomic E-state index is 11.9. The van der Waals surface area contributed by atoms with E-state index in [0.29, 0.717) is 11.8 Å². The van der Waals surface area contributed by atoms with Gasteiger partial charge in [-0.05, 0) is 27.2 Å². The van der Waals surface area contributed by atoms with Gasteiger partial charge in [0.15, 0.2) is 10.8 Å². The normalized spacial score (nSPS) is 12.6. The number of ether oxygens (including phenoxy) is 1. The molecule has 21 heavy (non-hydrogen) atoms. The van der Waals surface area contributed by atoms with E-state index in [1.54, 1.807) is 0 Å². The summed E-state index contributed by atoms with van der Waals surface area (Å²) in [7, 11) is 0. The fourth-order valence-electron chi connectivity index (χ4n) is 1.92. The summed E-state index contributed by atoms with van der Waals surface area (Å²) in [5.41, 5.74) is 1.64. The largest absolute Gasteiger partial charge is 0.465 e. The zero-order valence-electron chi connectivity index (χ0n) is 12.8. The van der Waals surface area contributed by atoms with Gasteiger partial charge >= 0.3 is 5.97 Å². The first-order valence-electron chi connectivity index (χ1n) is 7.05. The fraction of sp³-hybridized carbons (Fsp3) is 0.571. The van der Waals surface area contributed by atoms with E-state index in [-0.39, 0.29) is 11.2 Å². The smallest absolute Gasteiger partial charge is 0.319 e. The van der Waals surface area contributed by atoms with Gasteiger partial charge in [0, 0.05) is 11.8 Å². The first-order chi connectivity index (χ1) is 10.0. The summed E-state index contributed by atoms with van der Waals surface area (Å²) in [6, 6.07) is 1.87. The topological polar surface area (TPSA) is 69.4 Å². The standard InChI is InChI=1S/C14H20N4O2S/c1-5-6-7-20-13(19)10(3)21-14-17-16-12-8-9(2)15-11(4)18(12)14/h8,10H,5-7H2,1-4H3. The summed E-state index contributed by atoms with van der Waals surface area (Å²) in [4.78, 5) is 16.3. The molecule has 0 N–H and O–H groups in total. The Morgan fingerprint density at radius 1 is 1.43 bits per heavy atom. The lowest BCUT2D eigenvalue weighted by Gasteiger charge is -2.10. The van der Waals surface area contributed by atoms with Crippen molar-refractivity contribution in [1.29, 1.82) is 0 Å². The van der Waals surface area contributed by atoms with Crippen molar-refractivity contribution in [2.75, 3.05) is 6.61 Å². The van der Waals surface area contributed by atoms with Crippen LogP contribution in [-0.4, -0.2) is 37.4 Å². The molecule has 0 amide bonds. The summed E-state index contributed by atoms with van der Waals surface area (Å²) < 4.78 is 7.08. The Bertz CT molecular complexity index is 641. The van der Waals surface area contributed by atoms with Crippen molar-refractivity contribution in [2.45, 2.75) is 50.9 Å². The van der Waals surface area contributed by atoms with Gasteiger partial charge < -0.3 is 4.74 Å². The molecule has 0 spiro atoms. The van der Waals surface area contributed by atoms with Crippen LogP contribution in [0.2, 0.25) is 0 Å². The lowest BCUT2D eigenvalue weighted by Crippen LogP contribution is -2.18. The van der Waals surface area contributed by atoms with Crippen molar-refractivity contribution in [3.63, 3.8) is 0 Å². The minimum absolute atomic E-state index is 0.220. The molecule has 6 nitrogen and oxygen atoms in total. The second-order valence-electron chi connectivity index (χ2n) is 4.90. The lowest BCUT2D eigenvalue weighted by molar-refractivity contribution is -0.142. The summed E-state index contributed by atoms with van der Waals surface area (Å²) >= 11 is 1.34. The Hall–Kier alpha value is -1.63. The predicted octanol–water partition coefficient (Wildman–Crippen LogP) is 2.57. The van der Waals surface area contributed by atoms with Crippen LogP contribution in [0.15, 0.2) is 11.2 Å². The van der Waals surface area contributed by atoms with Crippen molar-refractivity contribution < 1.29 is 9.53 Å². The summed E-state index contributed by atoms with van der Waals surface area (Å²) in [5.74, 6) is 0.590. The van der Waals surface area contributed by atoms with E-state index in [4.69, 9.17) is 4.74 Å². The molecule has 2 aromatic heterocycles. The van der Waals surface area contributed by atoms with Crippen LogP contribution < -0.4 is 0 Å². The molecule has 0 aliphatic rings. The molecule has 0 radical (unpaired) electrons. The third-order valence-electron chi connectivity index (χ3n) is 3.01. The molecular formula is C14H20N4O2S. The zero-order valence-corrected chi connectivity index (χ0v) is 13.6. The number of carbonyl (C=O) groups excluding carboxylic acids is 1. The minimum Gasteiger partial charge on any atom is -0.465 e. The molecule has 1 unspecified atom stereocenters. The molecule has 0 bridgehead atoms. The number of carbonyl (C=O) groups is 1. The molecule has 2 rings (SSSR count). The van der Waals surface area contributed by atoms with Gasteiger partial charge in [-0.2, -0.15) is 0 Å². The number of rotatable bonds is 6. The average Bonchev–Trinajstić information content (AvgIpc) is 2.81. The summed E-state index contributed by atoms with van der Waals surface area (Å²) in [6.45, 7) is 8.17. The number of esters is 1. The number of hydrogen-bond donors (Lipinski definition) is 0. The second kappa shape index (κ2) is 6.89. The van der Waals surface area contributed by atoms with Crippen molar-refractivity contribution >= 4 is 23.4 Å². The van der Waals surface area contributed by atoms with Crippen LogP contribution in [0, 0.1) is 13.8 Å². The van der Waals surface area contributed by atoms with Gasteiger partial charge in [0.05, 0.1) is 6.61 Å². The molecular weight excluding hydrogens is 288 g/mol. The van der Waals surface area contributed by atoms with E-state index in [0.717, 1.165) is 30.0 Å². The van der Waals surface area contributed by atoms with Gasteiger partial charge in [0.2, 0.25) is 0 Å². The molecule has 0 aromatic carbocycles. The van der Waals surface area contributed by atoms with Crippen LogP contribution in [-0.2, 0) is 9.53 Å². The fourth-order valence-corrected chi connectivity index (χ4v) is 2.82. The number of unbranched alkanes of at least 4 members (excludes halogenated alkanes) is 1.